The van der Waals surface area contributed by atoms with Crippen LogP contribution in [0.3, 0.4) is 0 Å². The Bertz CT molecular complexity index is 528. The molecule has 0 saturated carbocycles. The van der Waals surface area contributed by atoms with Crippen molar-refractivity contribution in [2.24, 2.45) is 0 Å². The van der Waals surface area contributed by atoms with Crippen LogP contribution in [0.5, 0.6) is 0 Å². The molecule has 20 heavy (non-hydrogen) atoms. The highest BCUT2D eigenvalue weighted by atomic mass is 79.9. The Morgan fingerprint density at radius 2 is 2.20 bits per heavy atom. The number of rotatable bonds is 5. The van der Waals surface area contributed by atoms with E-state index in [0.29, 0.717) is 0 Å². The van der Waals surface area contributed by atoms with Gasteiger partial charge in [0.05, 0.1) is 13.7 Å². The van der Waals surface area contributed by atoms with Crippen LogP contribution in [0.4, 0.5) is 0 Å². The number of hydrogen-bond acceptors (Lipinski definition) is 4. The lowest BCUT2D eigenvalue weighted by Gasteiger charge is -2.12. The second-order valence-corrected chi connectivity index (χ2v) is 4.98. The van der Waals surface area contributed by atoms with Gasteiger partial charge < -0.3 is 15.2 Å². The third-order valence-corrected chi connectivity index (χ3v) is 3.24. The molecule has 1 unspecified atom stereocenters. The molecule has 0 spiro atoms. The van der Waals surface area contributed by atoms with E-state index in [2.05, 4.69) is 26.0 Å². The maximum Gasteiger partial charge on any atom is 0.330 e. The molecular formula is C14H16BrNO4. The number of benzene rings is 1. The van der Waals surface area contributed by atoms with Crippen LogP contribution in [-0.4, -0.2) is 36.7 Å². The molecule has 108 valence electrons. The number of amides is 1. The molecule has 1 aromatic rings. The van der Waals surface area contributed by atoms with Crippen LogP contribution in [-0.2, 0) is 14.3 Å². The molecule has 1 rings (SSSR count). The molecule has 0 bridgehead atoms. The van der Waals surface area contributed by atoms with Crippen LogP contribution in [0, 0.1) is 6.92 Å². The fraction of sp³-hybridized carbons (Fsp3) is 0.286. The first-order valence-corrected chi connectivity index (χ1v) is 6.70. The topological polar surface area (TPSA) is 75.6 Å². The van der Waals surface area contributed by atoms with E-state index in [1.165, 1.54) is 13.2 Å². The lowest BCUT2D eigenvalue weighted by Crippen LogP contribution is -2.43. The summed E-state index contributed by atoms with van der Waals surface area (Å²) in [5.41, 5.74) is 1.94. The van der Waals surface area contributed by atoms with Gasteiger partial charge in [0.15, 0.2) is 6.04 Å². The van der Waals surface area contributed by atoms with Crippen molar-refractivity contribution in [1.29, 1.82) is 0 Å². The van der Waals surface area contributed by atoms with Gasteiger partial charge in [0, 0.05) is 10.5 Å². The number of esters is 1. The van der Waals surface area contributed by atoms with E-state index in [4.69, 9.17) is 5.11 Å². The van der Waals surface area contributed by atoms with Crippen molar-refractivity contribution < 1.29 is 19.4 Å². The van der Waals surface area contributed by atoms with Crippen LogP contribution in [0.1, 0.15) is 11.1 Å². The van der Waals surface area contributed by atoms with Gasteiger partial charge >= 0.3 is 5.97 Å². The molecular weight excluding hydrogens is 326 g/mol. The molecule has 1 amide bonds. The molecule has 0 radical (unpaired) electrons. The van der Waals surface area contributed by atoms with Gasteiger partial charge in [-0.25, -0.2) is 4.79 Å². The zero-order valence-electron chi connectivity index (χ0n) is 11.2. The third kappa shape index (κ3) is 4.79. The Hall–Kier alpha value is -1.66. The van der Waals surface area contributed by atoms with Gasteiger partial charge in [-0.05, 0) is 30.2 Å². The van der Waals surface area contributed by atoms with Gasteiger partial charge in [-0.2, -0.15) is 0 Å². The second-order valence-electron chi connectivity index (χ2n) is 4.13. The Kier molecular flexibility index (Phi) is 6.41. The van der Waals surface area contributed by atoms with E-state index in [1.54, 1.807) is 6.08 Å². The summed E-state index contributed by atoms with van der Waals surface area (Å²) in [7, 11) is 1.19. The van der Waals surface area contributed by atoms with E-state index < -0.39 is 24.5 Å². The van der Waals surface area contributed by atoms with Crippen molar-refractivity contribution in [1.82, 2.24) is 5.32 Å². The summed E-state index contributed by atoms with van der Waals surface area (Å²) in [5.74, 6) is -1.17. The van der Waals surface area contributed by atoms with Crippen LogP contribution in [0.15, 0.2) is 28.7 Å². The van der Waals surface area contributed by atoms with Crippen molar-refractivity contribution in [3.05, 3.63) is 39.9 Å². The highest BCUT2D eigenvalue weighted by Crippen LogP contribution is 2.19. The first-order valence-electron chi connectivity index (χ1n) is 5.91. The monoisotopic (exact) mass is 341 g/mol. The number of carbonyl (C=O) groups is 2. The molecule has 2 N–H and O–H groups in total. The predicted molar refractivity (Wildman–Crippen MR) is 78.9 cm³/mol. The minimum Gasteiger partial charge on any atom is -0.467 e. The van der Waals surface area contributed by atoms with E-state index in [-0.39, 0.29) is 0 Å². The Morgan fingerprint density at radius 3 is 2.75 bits per heavy atom. The molecule has 0 heterocycles. The fourth-order valence-electron chi connectivity index (χ4n) is 1.47. The number of halogens is 1. The standard InChI is InChI=1S/C14H16BrNO4/c1-9-3-4-10(11(15)7-9)5-6-13(18)16-12(8-17)14(19)20-2/h3-7,12,17H,8H2,1-2H3,(H,16,18)/b6-5+. The third-order valence-electron chi connectivity index (χ3n) is 2.55. The fourth-order valence-corrected chi connectivity index (χ4v) is 2.10. The molecule has 0 fully saturated rings. The van der Waals surface area contributed by atoms with Gasteiger partial charge in [-0.3, -0.25) is 4.79 Å². The van der Waals surface area contributed by atoms with Crippen molar-refractivity contribution >= 4 is 33.9 Å². The van der Waals surface area contributed by atoms with E-state index in [1.807, 2.05) is 25.1 Å². The Balaban J connectivity index is 2.70. The van der Waals surface area contributed by atoms with Crippen LogP contribution >= 0.6 is 15.9 Å². The second kappa shape index (κ2) is 7.81. The number of aliphatic hydroxyl groups excluding tert-OH is 1. The maximum atomic E-state index is 11.7. The van der Waals surface area contributed by atoms with E-state index >= 15 is 0 Å². The first-order chi connectivity index (χ1) is 9.47. The lowest BCUT2D eigenvalue weighted by molar-refractivity contribution is -0.145. The van der Waals surface area contributed by atoms with Gasteiger partial charge in [0.2, 0.25) is 5.91 Å². The minimum atomic E-state index is -1.06. The molecule has 1 aromatic carbocycles. The maximum absolute atomic E-state index is 11.7. The highest BCUT2D eigenvalue weighted by Gasteiger charge is 2.19. The molecule has 0 aliphatic carbocycles. The molecule has 0 aliphatic rings. The van der Waals surface area contributed by atoms with Crippen LogP contribution in [0.2, 0.25) is 0 Å². The molecule has 0 aromatic heterocycles. The SMILES string of the molecule is COC(=O)C(CO)NC(=O)/C=C/c1ccc(C)cc1Br. The van der Waals surface area contributed by atoms with Gasteiger partial charge in [0.1, 0.15) is 0 Å². The largest absolute Gasteiger partial charge is 0.467 e. The number of ether oxygens (including phenoxy) is 1. The summed E-state index contributed by atoms with van der Waals surface area (Å²) < 4.78 is 5.32. The van der Waals surface area contributed by atoms with Crippen molar-refractivity contribution in [2.45, 2.75) is 13.0 Å². The van der Waals surface area contributed by atoms with E-state index in [9.17, 15) is 9.59 Å². The quantitative estimate of drug-likeness (QED) is 0.627. The number of hydrogen-bond donors (Lipinski definition) is 2. The molecule has 0 aliphatic heterocycles. The number of aliphatic hydroxyl groups is 1. The van der Waals surface area contributed by atoms with Crippen LogP contribution in [0.25, 0.3) is 6.08 Å². The molecule has 1 atom stereocenters. The van der Waals surface area contributed by atoms with E-state index in [0.717, 1.165) is 15.6 Å². The molecule has 6 heteroatoms. The summed E-state index contributed by atoms with van der Waals surface area (Å²) in [6.07, 6.45) is 2.91. The van der Waals surface area contributed by atoms with Crippen molar-refractivity contribution in [3.63, 3.8) is 0 Å². The first kappa shape index (κ1) is 16.4. The average molecular weight is 342 g/mol. The Morgan fingerprint density at radius 1 is 1.50 bits per heavy atom. The molecule has 0 saturated heterocycles. The predicted octanol–water partition coefficient (Wildman–Crippen LogP) is 1.42. The summed E-state index contributed by atoms with van der Waals surface area (Å²) >= 11 is 3.40. The van der Waals surface area contributed by atoms with Crippen molar-refractivity contribution in [2.75, 3.05) is 13.7 Å². The minimum absolute atomic E-state index is 0.484. The number of nitrogens with one attached hydrogen (secondary N) is 1. The highest BCUT2D eigenvalue weighted by molar-refractivity contribution is 9.10. The van der Waals surface area contributed by atoms with Gasteiger partial charge in [-0.1, -0.05) is 28.1 Å². The van der Waals surface area contributed by atoms with Crippen molar-refractivity contribution in [3.8, 4) is 0 Å². The summed E-state index contributed by atoms with van der Waals surface area (Å²) in [6, 6.07) is 4.67. The number of methoxy groups -OCH3 is 1. The lowest BCUT2D eigenvalue weighted by atomic mass is 10.1. The molecule has 5 nitrogen and oxygen atoms in total. The van der Waals surface area contributed by atoms with Gasteiger partial charge in [0.25, 0.3) is 0 Å². The van der Waals surface area contributed by atoms with Crippen LogP contribution < -0.4 is 5.32 Å². The number of aryl methyl sites for hydroxylation is 1. The summed E-state index contributed by atoms with van der Waals surface area (Å²) in [6.45, 7) is 1.45. The normalized spacial score (nSPS) is 12.2. The number of carbonyl (C=O) groups excluding carboxylic acids is 2. The summed E-state index contributed by atoms with van der Waals surface area (Å²) in [4.78, 5) is 22.9. The zero-order valence-corrected chi connectivity index (χ0v) is 12.8. The Labute approximate surface area is 125 Å². The smallest absolute Gasteiger partial charge is 0.330 e. The van der Waals surface area contributed by atoms with Gasteiger partial charge in [-0.15, -0.1) is 0 Å². The average Bonchev–Trinajstić information content (AvgIpc) is 2.43. The zero-order chi connectivity index (χ0) is 15.1. The summed E-state index contributed by atoms with van der Waals surface area (Å²) in [5, 5.41) is 11.3.